The molecule has 0 aromatic carbocycles. The van der Waals surface area contributed by atoms with Crippen molar-refractivity contribution >= 4 is 16.5 Å². The van der Waals surface area contributed by atoms with Gasteiger partial charge in [0.05, 0.1) is 17.9 Å². The first kappa shape index (κ1) is 18.4. The SMILES string of the molecule is O=c1ccc(-c2ccncc2)nn1CCN1CCN(c2nc3c(s2)CCC3)CC1. The van der Waals surface area contributed by atoms with Crippen LogP contribution in [0.5, 0.6) is 0 Å². The van der Waals surface area contributed by atoms with Crippen LogP contribution in [0.15, 0.2) is 41.5 Å². The summed E-state index contributed by atoms with van der Waals surface area (Å²) < 4.78 is 1.58. The number of aryl methyl sites for hydroxylation is 2. The molecule has 3 aromatic rings. The predicted molar refractivity (Wildman–Crippen MR) is 115 cm³/mol. The van der Waals surface area contributed by atoms with Gasteiger partial charge in [0.2, 0.25) is 0 Å². The Bertz CT molecular complexity index is 1020. The van der Waals surface area contributed by atoms with Gasteiger partial charge in [0.25, 0.3) is 5.56 Å². The van der Waals surface area contributed by atoms with Crippen molar-refractivity contribution in [3.63, 3.8) is 0 Å². The van der Waals surface area contributed by atoms with Crippen LogP contribution in [0.25, 0.3) is 11.3 Å². The van der Waals surface area contributed by atoms with Gasteiger partial charge in [-0.25, -0.2) is 9.67 Å². The molecule has 0 atom stereocenters. The number of nitrogens with zero attached hydrogens (tertiary/aromatic N) is 6. The zero-order valence-corrected chi connectivity index (χ0v) is 17.1. The average Bonchev–Trinajstić information content (AvgIpc) is 3.37. The van der Waals surface area contributed by atoms with Gasteiger partial charge >= 0.3 is 0 Å². The van der Waals surface area contributed by atoms with E-state index in [0.717, 1.165) is 50.4 Å². The van der Waals surface area contributed by atoms with Gasteiger partial charge in [-0.15, -0.1) is 11.3 Å². The van der Waals surface area contributed by atoms with Gasteiger partial charge in [-0.3, -0.25) is 14.7 Å². The molecule has 1 fully saturated rings. The lowest BCUT2D eigenvalue weighted by Crippen LogP contribution is -2.47. The second-order valence-electron chi connectivity index (χ2n) is 7.56. The molecule has 0 radical (unpaired) electrons. The first-order chi connectivity index (χ1) is 14.3. The van der Waals surface area contributed by atoms with E-state index in [4.69, 9.17) is 4.98 Å². The van der Waals surface area contributed by atoms with Crippen LogP contribution in [-0.2, 0) is 19.4 Å². The van der Waals surface area contributed by atoms with E-state index in [9.17, 15) is 4.79 Å². The van der Waals surface area contributed by atoms with Crippen molar-refractivity contribution in [2.24, 2.45) is 0 Å². The summed E-state index contributed by atoms with van der Waals surface area (Å²) in [7, 11) is 0. The van der Waals surface area contributed by atoms with E-state index in [1.54, 1.807) is 29.2 Å². The van der Waals surface area contributed by atoms with Crippen molar-refractivity contribution in [1.82, 2.24) is 24.6 Å². The van der Waals surface area contributed by atoms with Crippen molar-refractivity contribution in [1.29, 1.82) is 0 Å². The number of rotatable bonds is 5. The third-order valence-electron chi connectivity index (χ3n) is 5.70. The minimum Gasteiger partial charge on any atom is -0.346 e. The van der Waals surface area contributed by atoms with Crippen molar-refractivity contribution < 1.29 is 0 Å². The summed E-state index contributed by atoms with van der Waals surface area (Å²) >= 11 is 1.88. The van der Waals surface area contributed by atoms with E-state index >= 15 is 0 Å². The minimum atomic E-state index is -0.0567. The third-order valence-corrected chi connectivity index (χ3v) is 6.92. The summed E-state index contributed by atoms with van der Waals surface area (Å²) in [6.07, 6.45) is 7.09. The number of aromatic nitrogens is 4. The topological polar surface area (TPSA) is 67.2 Å². The van der Waals surface area contributed by atoms with E-state index < -0.39 is 0 Å². The molecule has 0 unspecified atom stereocenters. The molecule has 3 aromatic heterocycles. The maximum absolute atomic E-state index is 12.2. The average molecular weight is 409 g/mol. The first-order valence-electron chi connectivity index (χ1n) is 10.2. The number of hydrogen-bond acceptors (Lipinski definition) is 7. The molecule has 0 spiro atoms. The van der Waals surface area contributed by atoms with Crippen LogP contribution in [0.3, 0.4) is 0 Å². The minimum absolute atomic E-state index is 0.0567. The lowest BCUT2D eigenvalue weighted by Gasteiger charge is -2.34. The van der Waals surface area contributed by atoms with Crippen LogP contribution in [0.4, 0.5) is 5.13 Å². The maximum Gasteiger partial charge on any atom is 0.266 e. The van der Waals surface area contributed by atoms with Gasteiger partial charge < -0.3 is 4.90 Å². The van der Waals surface area contributed by atoms with Gasteiger partial charge in [-0.1, -0.05) is 0 Å². The highest BCUT2D eigenvalue weighted by Crippen LogP contribution is 2.32. The highest BCUT2D eigenvalue weighted by molar-refractivity contribution is 7.15. The molecule has 0 bridgehead atoms. The quantitative estimate of drug-likeness (QED) is 0.644. The standard InChI is InChI=1S/C21H24N6OS/c28-20-5-4-17(16-6-8-22-9-7-16)24-27(20)15-12-25-10-13-26(14-11-25)21-23-18-2-1-3-19(18)29-21/h4-9H,1-3,10-15H2. The fourth-order valence-electron chi connectivity index (χ4n) is 4.00. The van der Waals surface area contributed by atoms with E-state index in [2.05, 4.69) is 19.9 Å². The summed E-state index contributed by atoms with van der Waals surface area (Å²) in [5, 5.41) is 5.74. The van der Waals surface area contributed by atoms with Gasteiger partial charge in [-0.2, -0.15) is 5.10 Å². The Morgan fingerprint density at radius 1 is 0.966 bits per heavy atom. The summed E-state index contributed by atoms with van der Waals surface area (Å²) in [5.41, 5.74) is 3.04. The molecule has 29 heavy (non-hydrogen) atoms. The third kappa shape index (κ3) is 3.95. The molecule has 0 saturated carbocycles. The van der Waals surface area contributed by atoms with Crippen molar-refractivity contribution in [3.05, 3.63) is 57.6 Å². The fourth-order valence-corrected chi connectivity index (χ4v) is 5.20. The summed E-state index contributed by atoms with van der Waals surface area (Å²) in [5.74, 6) is 0. The number of fused-ring (bicyclic) bond motifs is 1. The number of anilines is 1. The second kappa shape index (κ2) is 8.04. The molecule has 1 aliphatic carbocycles. The normalized spacial score (nSPS) is 16.9. The number of hydrogen-bond donors (Lipinski definition) is 0. The van der Waals surface area contributed by atoms with Crippen LogP contribution < -0.4 is 10.5 Å². The molecule has 8 heteroatoms. The molecule has 4 heterocycles. The predicted octanol–water partition coefficient (Wildman–Crippen LogP) is 2.07. The smallest absolute Gasteiger partial charge is 0.266 e. The first-order valence-corrected chi connectivity index (χ1v) is 11.0. The molecule has 5 rings (SSSR count). The van der Waals surface area contributed by atoms with Crippen LogP contribution in [0, 0.1) is 0 Å². The Balaban J connectivity index is 1.19. The van der Waals surface area contributed by atoms with Crippen LogP contribution in [0.2, 0.25) is 0 Å². The van der Waals surface area contributed by atoms with Gasteiger partial charge in [0, 0.05) is 61.6 Å². The Kier molecular flexibility index (Phi) is 5.12. The molecule has 0 amide bonds. The number of thiazole rings is 1. The Hall–Kier alpha value is -2.58. The molecule has 150 valence electrons. The summed E-state index contributed by atoms with van der Waals surface area (Å²) in [6.45, 7) is 5.39. The number of piperazine rings is 1. The van der Waals surface area contributed by atoms with Crippen molar-refractivity contribution in [2.45, 2.75) is 25.8 Å². The molecule has 1 saturated heterocycles. The van der Waals surface area contributed by atoms with E-state index in [1.165, 1.54) is 28.5 Å². The fraction of sp³-hybridized carbons (Fsp3) is 0.429. The van der Waals surface area contributed by atoms with Crippen LogP contribution >= 0.6 is 11.3 Å². The summed E-state index contributed by atoms with van der Waals surface area (Å²) in [6, 6.07) is 7.19. The van der Waals surface area contributed by atoms with E-state index in [-0.39, 0.29) is 5.56 Å². The highest BCUT2D eigenvalue weighted by atomic mass is 32.1. The van der Waals surface area contributed by atoms with Crippen molar-refractivity contribution in [3.8, 4) is 11.3 Å². The lowest BCUT2D eigenvalue weighted by molar-refractivity contribution is 0.243. The Labute approximate surface area is 173 Å². The van der Waals surface area contributed by atoms with Crippen LogP contribution in [0.1, 0.15) is 17.0 Å². The van der Waals surface area contributed by atoms with Crippen LogP contribution in [-0.4, -0.2) is 57.4 Å². The second-order valence-corrected chi connectivity index (χ2v) is 8.63. The van der Waals surface area contributed by atoms with Gasteiger partial charge in [-0.05, 0) is 37.5 Å². The van der Waals surface area contributed by atoms with E-state index in [1.807, 2.05) is 23.5 Å². The van der Waals surface area contributed by atoms with Gasteiger partial charge in [0.15, 0.2) is 5.13 Å². The summed E-state index contributed by atoms with van der Waals surface area (Å²) in [4.78, 5) is 27.4. The number of pyridine rings is 1. The Morgan fingerprint density at radius 3 is 2.59 bits per heavy atom. The van der Waals surface area contributed by atoms with Crippen molar-refractivity contribution in [2.75, 3.05) is 37.6 Å². The largest absolute Gasteiger partial charge is 0.346 e. The van der Waals surface area contributed by atoms with E-state index in [0.29, 0.717) is 6.54 Å². The molecular formula is C21H24N6OS. The molecule has 0 N–H and O–H groups in total. The molecule has 7 nitrogen and oxygen atoms in total. The zero-order chi connectivity index (χ0) is 19.6. The van der Waals surface area contributed by atoms with Gasteiger partial charge in [0.1, 0.15) is 0 Å². The zero-order valence-electron chi connectivity index (χ0n) is 16.3. The Morgan fingerprint density at radius 2 is 1.79 bits per heavy atom. The lowest BCUT2D eigenvalue weighted by atomic mass is 10.2. The molecule has 1 aliphatic heterocycles. The monoisotopic (exact) mass is 408 g/mol. The highest BCUT2D eigenvalue weighted by Gasteiger charge is 2.23. The molecule has 2 aliphatic rings. The molecular weight excluding hydrogens is 384 g/mol. The maximum atomic E-state index is 12.2.